The van der Waals surface area contributed by atoms with Gasteiger partial charge < -0.3 is 10.6 Å². The summed E-state index contributed by atoms with van der Waals surface area (Å²) in [7, 11) is 0. The van der Waals surface area contributed by atoms with Crippen LogP contribution in [0.2, 0.25) is 0 Å². The van der Waals surface area contributed by atoms with Gasteiger partial charge in [-0.2, -0.15) is 0 Å². The van der Waals surface area contributed by atoms with E-state index in [0.717, 1.165) is 25.2 Å². The second-order valence-electron chi connectivity index (χ2n) is 5.27. The van der Waals surface area contributed by atoms with Gasteiger partial charge in [0.1, 0.15) is 0 Å². The molecule has 1 fully saturated rings. The van der Waals surface area contributed by atoms with Gasteiger partial charge in [0.05, 0.1) is 6.42 Å². The Morgan fingerprint density at radius 2 is 2.28 bits per heavy atom. The number of nitrogens with one attached hydrogen (secondary N) is 2. The fraction of sp³-hybridized carbons (Fsp3) is 0.533. The highest BCUT2D eigenvalue weighted by Gasteiger charge is 2.15. The van der Waals surface area contributed by atoms with E-state index in [4.69, 9.17) is 0 Å². The summed E-state index contributed by atoms with van der Waals surface area (Å²) in [5.41, 5.74) is 3.54. The summed E-state index contributed by atoms with van der Waals surface area (Å²) < 4.78 is 0. The molecule has 3 heteroatoms. The molecule has 1 heterocycles. The van der Waals surface area contributed by atoms with Crippen LogP contribution in [0.25, 0.3) is 0 Å². The van der Waals surface area contributed by atoms with Gasteiger partial charge in [-0.05, 0) is 50.4 Å². The molecule has 1 unspecified atom stereocenters. The SMILES string of the molecule is Cc1ccc(C)c(CC(=O)NCC2CCNC2)c1. The fourth-order valence-electron chi connectivity index (χ4n) is 2.37. The molecule has 0 saturated carbocycles. The number of amides is 1. The molecule has 0 radical (unpaired) electrons. The van der Waals surface area contributed by atoms with Crippen molar-refractivity contribution in [3.63, 3.8) is 0 Å². The molecule has 0 aromatic heterocycles. The predicted molar refractivity (Wildman–Crippen MR) is 73.6 cm³/mol. The maximum atomic E-state index is 11.9. The first-order chi connectivity index (χ1) is 8.65. The molecule has 1 aliphatic rings. The van der Waals surface area contributed by atoms with E-state index in [9.17, 15) is 4.79 Å². The average molecular weight is 246 g/mol. The predicted octanol–water partition coefficient (Wildman–Crippen LogP) is 1.57. The van der Waals surface area contributed by atoms with Gasteiger partial charge in [0.15, 0.2) is 0 Å². The van der Waals surface area contributed by atoms with Gasteiger partial charge in [0, 0.05) is 6.54 Å². The lowest BCUT2D eigenvalue weighted by Gasteiger charge is -2.11. The molecular weight excluding hydrogens is 224 g/mol. The van der Waals surface area contributed by atoms with E-state index in [1.165, 1.54) is 17.5 Å². The molecular formula is C15H22N2O. The number of hydrogen-bond acceptors (Lipinski definition) is 2. The van der Waals surface area contributed by atoms with Crippen molar-refractivity contribution >= 4 is 5.91 Å². The summed E-state index contributed by atoms with van der Waals surface area (Å²) in [5.74, 6) is 0.739. The largest absolute Gasteiger partial charge is 0.355 e. The maximum Gasteiger partial charge on any atom is 0.224 e. The molecule has 18 heavy (non-hydrogen) atoms. The Labute approximate surface area is 109 Å². The maximum absolute atomic E-state index is 11.9. The van der Waals surface area contributed by atoms with Crippen molar-refractivity contribution in [2.75, 3.05) is 19.6 Å². The third-order valence-electron chi connectivity index (χ3n) is 3.61. The lowest BCUT2D eigenvalue weighted by molar-refractivity contribution is -0.120. The van der Waals surface area contributed by atoms with Crippen molar-refractivity contribution in [1.82, 2.24) is 10.6 Å². The second kappa shape index (κ2) is 6.01. The van der Waals surface area contributed by atoms with E-state index in [0.29, 0.717) is 12.3 Å². The number of aryl methyl sites for hydroxylation is 2. The molecule has 1 aliphatic heterocycles. The Morgan fingerprint density at radius 1 is 1.44 bits per heavy atom. The number of carbonyl (C=O) groups is 1. The van der Waals surface area contributed by atoms with Crippen molar-refractivity contribution < 1.29 is 4.79 Å². The molecule has 1 saturated heterocycles. The van der Waals surface area contributed by atoms with Gasteiger partial charge >= 0.3 is 0 Å². The second-order valence-corrected chi connectivity index (χ2v) is 5.27. The Morgan fingerprint density at radius 3 is 3.00 bits per heavy atom. The van der Waals surface area contributed by atoms with Crippen LogP contribution in [0.5, 0.6) is 0 Å². The Kier molecular flexibility index (Phi) is 4.37. The highest BCUT2D eigenvalue weighted by atomic mass is 16.1. The van der Waals surface area contributed by atoms with Crippen LogP contribution in [-0.4, -0.2) is 25.5 Å². The summed E-state index contributed by atoms with van der Waals surface area (Å²) >= 11 is 0. The van der Waals surface area contributed by atoms with Gasteiger partial charge in [0.2, 0.25) is 5.91 Å². The number of carbonyl (C=O) groups excluding carboxylic acids is 1. The summed E-state index contributed by atoms with van der Waals surface area (Å²) in [6.07, 6.45) is 1.66. The van der Waals surface area contributed by atoms with Crippen LogP contribution in [0.1, 0.15) is 23.1 Å². The minimum absolute atomic E-state index is 0.135. The lowest BCUT2D eigenvalue weighted by Crippen LogP contribution is -2.31. The first kappa shape index (κ1) is 13.1. The smallest absolute Gasteiger partial charge is 0.224 e. The topological polar surface area (TPSA) is 41.1 Å². The molecule has 3 nitrogen and oxygen atoms in total. The zero-order valence-electron chi connectivity index (χ0n) is 11.3. The molecule has 1 aromatic rings. The monoisotopic (exact) mass is 246 g/mol. The lowest BCUT2D eigenvalue weighted by atomic mass is 10.0. The highest BCUT2D eigenvalue weighted by Crippen LogP contribution is 2.11. The molecule has 2 rings (SSSR count). The van der Waals surface area contributed by atoms with Crippen LogP contribution in [-0.2, 0) is 11.2 Å². The van der Waals surface area contributed by atoms with Gasteiger partial charge in [-0.3, -0.25) is 4.79 Å². The first-order valence-electron chi connectivity index (χ1n) is 6.68. The molecule has 2 N–H and O–H groups in total. The Hall–Kier alpha value is -1.35. The van der Waals surface area contributed by atoms with Crippen molar-refractivity contribution in [3.8, 4) is 0 Å². The standard InChI is InChI=1S/C15H22N2O/c1-11-3-4-12(2)14(7-11)8-15(18)17-10-13-5-6-16-9-13/h3-4,7,13,16H,5-6,8-10H2,1-2H3,(H,17,18). The Balaban J connectivity index is 1.84. The van der Waals surface area contributed by atoms with Crippen LogP contribution >= 0.6 is 0 Å². The van der Waals surface area contributed by atoms with E-state index in [1.54, 1.807) is 0 Å². The summed E-state index contributed by atoms with van der Waals surface area (Å²) in [6.45, 7) is 7.03. The van der Waals surface area contributed by atoms with Crippen molar-refractivity contribution in [1.29, 1.82) is 0 Å². The van der Waals surface area contributed by atoms with Gasteiger partial charge in [-0.1, -0.05) is 23.8 Å². The van der Waals surface area contributed by atoms with Crippen molar-refractivity contribution in [2.24, 2.45) is 5.92 Å². The Bertz CT molecular complexity index is 423. The minimum Gasteiger partial charge on any atom is -0.355 e. The third-order valence-corrected chi connectivity index (χ3v) is 3.61. The molecule has 0 bridgehead atoms. The van der Waals surface area contributed by atoms with Gasteiger partial charge in [0.25, 0.3) is 0 Å². The van der Waals surface area contributed by atoms with Gasteiger partial charge in [-0.15, -0.1) is 0 Å². The van der Waals surface area contributed by atoms with Crippen molar-refractivity contribution in [2.45, 2.75) is 26.7 Å². The van der Waals surface area contributed by atoms with E-state index in [-0.39, 0.29) is 5.91 Å². The normalized spacial score (nSPS) is 18.9. The number of hydrogen-bond donors (Lipinski definition) is 2. The summed E-state index contributed by atoms with van der Waals surface area (Å²) in [4.78, 5) is 11.9. The molecule has 1 atom stereocenters. The number of rotatable bonds is 4. The molecule has 0 spiro atoms. The summed E-state index contributed by atoms with van der Waals surface area (Å²) in [6, 6.07) is 6.27. The quantitative estimate of drug-likeness (QED) is 0.846. The molecule has 1 aromatic carbocycles. The van der Waals surface area contributed by atoms with Crippen molar-refractivity contribution in [3.05, 3.63) is 34.9 Å². The first-order valence-corrected chi connectivity index (χ1v) is 6.68. The fourth-order valence-corrected chi connectivity index (χ4v) is 2.37. The highest BCUT2D eigenvalue weighted by molar-refractivity contribution is 5.79. The van der Waals surface area contributed by atoms with Crippen LogP contribution < -0.4 is 10.6 Å². The zero-order valence-corrected chi connectivity index (χ0v) is 11.3. The van der Waals surface area contributed by atoms with E-state index in [1.807, 2.05) is 0 Å². The molecule has 1 amide bonds. The summed E-state index contributed by atoms with van der Waals surface area (Å²) in [5, 5.41) is 6.35. The van der Waals surface area contributed by atoms with E-state index >= 15 is 0 Å². The number of benzene rings is 1. The minimum atomic E-state index is 0.135. The van der Waals surface area contributed by atoms with Crippen LogP contribution in [0.3, 0.4) is 0 Å². The van der Waals surface area contributed by atoms with Gasteiger partial charge in [-0.25, -0.2) is 0 Å². The zero-order chi connectivity index (χ0) is 13.0. The van der Waals surface area contributed by atoms with E-state index in [2.05, 4.69) is 42.7 Å². The molecule has 0 aliphatic carbocycles. The van der Waals surface area contributed by atoms with Crippen LogP contribution in [0.4, 0.5) is 0 Å². The third kappa shape index (κ3) is 3.57. The van der Waals surface area contributed by atoms with Crippen LogP contribution in [0.15, 0.2) is 18.2 Å². The molecule has 98 valence electrons. The average Bonchev–Trinajstić information content (AvgIpc) is 2.84. The van der Waals surface area contributed by atoms with E-state index < -0.39 is 0 Å². The van der Waals surface area contributed by atoms with Crippen LogP contribution in [0, 0.1) is 19.8 Å².